The fourth-order valence-electron chi connectivity index (χ4n) is 1.11. The van der Waals surface area contributed by atoms with E-state index in [4.69, 9.17) is 0 Å². The van der Waals surface area contributed by atoms with Gasteiger partial charge in [0.15, 0.2) is 11.6 Å². The van der Waals surface area contributed by atoms with Gasteiger partial charge in [0.05, 0.1) is 7.11 Å². The molecule has 0 amide bonds. The molecular weight excluding hydrogens is 245 g/mol. The summed E-state index contributed by atoms with van der Waals surface area (Å²) in [6.07, 6.45) is -0.628. The molecule has 0 aliphatic heterocycles. The van der Waals surface area contributed by atoms with Gasteiger partial charge in [-0.15, -0.1) is 0 Å². The Balaban J connectivity index is 2.84. The van der Waals surface area contributed by atoms with Crippen molar-refractivity contribution in [1.82, 2.24) is 0 Å². The molecule has 0 N–H and O–H groups in total. The number of carbonyl (C=O) groups excluding carboxylic acids is 1. The second-order valence-corrected chi connectivity index (χ2v) is 3.54. The molecule has 0 fully saturated rings. The molecule has 6 heteroatoms. The van der Waals surface area contributed by atoms with Crippen LogP contribution in [0.3, 0.4) is 0 Å². The quantitative estimate of drug-likeness (QED) is 0.771. The number of methoxy groups -OCH3 is 1. The zero-order chi connectivity index (χ0) is 12.3. The number of hydrogen-bond acceptors (Lipinski definition) is 2. The van der Waals surface area contributed by atoms with Gasteiger partial charge in [0.2, 0.25) is 5.78 Å². The maximum Gasteiger partial charge on any atom is 0.380 e. The number of Topliss-reactive ketones (excluding diaryl/α,β-unsaturated/α-hetero) is 1. The Morgan fingerprint density at radius 1 is 1.50 bits per heavy atom. The summed E-state index contributed by atoms with van der Waals surface area (Å²) in [5, 5.41) is -3.92. The first-order valence-electron chi connectivity index (χ1n) is 4.27. The van der Waals surface area contributed by atoms with E-state index in [0.717, 1.165) is 6.07 Å². The van der Waals surface area contributed by atoms with Gasteiger partial charge in [-0.1, -0.05) is 6.07 Å². The van der Waals surface area contributed by atoms with Crippen LogP contribution < -0.4 is 4.74 Å². The van der Waals surface area contributed by atoms with Gasteiger partial charge in [-0.2, -0.15) is 8.78 Å². The highest BCUT2D eigenvalue weighted by Gasteiger charge is 2.35. The second kappa shape index (κ2) is 4.74. The van der Waals surface area contributed by atoms with E-state index in [2.05, 4.69) is 16.3 Å². The van der Waals surface area contributed by atoms with Gasteiger partial charge in [0.1, 0.15) is 0 Å². The smallest absolute Gasteiger partial charge is 0.380 e. The third-order valence-electron chi connectivity index (χ3n) is 1.90. The summed E-state index contributed by atoms with van der Waals surface area (Å²) < 4.78 is 42.5. The topological polar surface area (TPSA) is 26.3 Å². The van der Waals surface area contributed by atoms with Crippen LogP contribution in [-0.4, -0.2) is 18.3 Å². The molecule has 0 aromatic heterocycles. The monoisotopic (exact) mass is 252 g/mol. The first kappa shape index (κ1) is 12.8. The van der Waals surface area contributed by atoms with Crippen molar-refractivity contribution >= 4 is 17.4 Å². The Morgan fingerprint density at radius 3 is 2.56 bits per heavy atom. The largest absolute Gasteiger partial charge is 0.494 e. The fourth-order valence-corrected chi connectivity index (χ4v) is 1.17. The van der Waals surface area contributed by atoms with Crippen LogP contribution in [0.15, 0.2) is 18.2 Å². The van der Waals surface area contributed by atoms with Crippen molar-refractivity contribution in [3.8, 4) is 5.75 Å². The molecule has 0 radical (unpaired) electrons. The maximum atomic E-state index is 13.1. The molecule has 1 rings (SSSR count). The number of ketones is 1. The normalized spacial score (nSPS) is 11.3. The second-order valence-electron chi connectivity index (χ2n) is 3.07. The summed E-state index contributed by atoms with van der Waals surface area (Å²) in [5.74, 6) is -2.21. The molecule has 1 aromatic rings. The molecule has 0 aliphatic rings. The molecule has 0 unspecified atom stereocenters. The third-order valence-corrected chi connectivity index (χ3v) is 2.11. The average Bonchev–Trinajstić information content (AvgIpc) is 2.16. The molecule has 0 aliphatic carbocycles. The van der Waals surface area contributed by atoms with Crippen molar-refractivity contribution in [2.24, 2.45) is 0 Å². The molecule has 0 bridgehead atoms. The number of ether oxygens (including phenoxy) is 1. The number of halogens is 4. The summed E-state index contributed by atoms with van der Waals surface area (Å²) in [6, 6.07) is 3.53. The van der Waals surface area contributed by atoms with E-state index in [0.29, 0.717) is 0 Å². The van der Waals surface area contributed by atoms with E-state index in [1.165, 1.54) is 19.2 Å². The molecule has 0 saturated heterocycles. The lowest BCUT2D eigenvalue weighted by Gasteiger charge is -2.07. The Hall–Kier alpha value is -1.23. The van der Waals surface area contributed by atoms with Crippen LogP contribution in [-0.2, 0) is 11.2 Å². The Kier molecular flexibility index (Phi) is 3.80. The molecule has 0 saturated carbocycles. The van der Waals surface area contributed by atoms with E-state index in [9.17, 15) is 18.0 Å². The zero-order valence-electron chi connectivity index (χ0n) is 8.27. The Bertz CT molecular complexity index is 402. The molecule has 88 valence electrons. The molecule has 0 spiro atoms. The van der Waals surface area contributed by atoms with Crippen molar-refractivity contribution in [3.05, 3.63) is 29.6 Å². The fraction of sp³-hybridized carbons (Fsp3) is 0.300. The summed E-state index contributed by atoms with van der Waals surface area (Å²) in [7, 11) is 1.27. The van der Waals surface area contributed by atoms with Crippen LogP contribution in [0.5, 0.6) is 5.75 Å². The van der Waals surface area contributed by atoms with Gasteiger partial charge in [0, 0.05) is 6.42 Å². The van der Waals surface area contributed by atoms with E-state index in [1.807, 2.05) is 0 Å². The minimum atomic E-state index is -3.92. The van der Waals surface area contributed by atoms with Crippen molar-refractivity contribution < 1.29 is 22.7 Å². The van der Waals surface area contributed by atoms with Crippen LogP contribution in [0.1, 0.15) is 5.56 Å². The lowest BCUT2D eigenvalue weighted by Crippen LogP contribution is -2.23. The third kappa shape index (κ3) is 3.13. The minimum Gasteiger partial charge on any atom is -0.494 e. The van der Waals surface area contributed by atoms with E-state index in [1.54, 1.807) is 0 Å². The van der Waals surface area contributed by atoms with Crippen LogP contribution in [0.25, 0.3) is 0 Å². The number of alkyl halides is 3. The lowest BCUT2D eigenvalue weighted by molar-refractivity contribution is -0.132. The van der Waals surface area contributed by atoms with Gasteiger partial charge < -0.3 is 4.74 Å². The number of rotatable bonds is 4. The van der Waals surface area contributed by atoms with Gasteiger partial charge in [-0.3, -0.25) is 4.79 Å². The SMILES string of the molecule is COc1ccc(CC(=O)C(F)(F)Cl)cc1F. The van der Waals surface area contributed by atoms with Crippen LogP contribution in [0.2, 0.25) is 0 Å². The first-order chi connectivity index (χ1) is 7.34. The highest BCUT2D eigenvalue weighted by atomic mass is 35.5. The van der Waals surface area contributed by atoms with E-state index >= 15 is 0 Å². The van der Waals surface area contributed by atoms with Crippen LogP contribution >= 0.6 is 11.6 Å². The standard InChI is InChI=1S/C10H8ClF3O2/c1-16-8-3-2-6(4-7(8)12)5-9(15)10(11,13)14/h2-4H,5H2,1H3. The van der Waals surface area contributed by atoms with E-state index < -0.39 is 23.4 Å². The Labute approximate surface area is 95.0 Å². The molecule has 16 heavy (non-hydrogen) atoms. The van der Waals surface area contributed by atoms with Gasteiger partial charge in [-0.05, 0) is 29.3 Å². The lowest BCUT2D eigenvalue weighted by atomic mass is 10.1. The summed E-state index contributed by atoms with van der Waals surface area (Å²) >= 11 is 4.53. The van der Waals surface area contributed by atoms with Crippen molar-refractivity contribution in [3.63, 3.8) is 0 Å². The molecule has 1 aromatic carbocycles. The number of hydrogen-bond donors (Lipinski definition) is 0. The Morgan fingerprint density at radius 2 is 2.12 bits per heavy atom. The molecule has 0 heterocycles. The van der Waals surface area contributed by atoms with Gasteiger partial charge >= 0.3 is 5.38 Å². The average molecular weight is 253 g/mol. The van der Waals surface area contributed by atoms with Crippen molar-refractivity contribution in [2.45, 2.75) is 11.8 Å². The summed E-state index contributed by atoms with van der Waals surface area (Å²) in [5.41, 5.74) is 0.114. The summed E-state index contributed by atoms with van der Waals surface area (Å²) in [6.45, 7) is 0. The van der Waals surface area contributed by atoms with Gasteiger partial charge in [0.25, 0.3) is 0 Å². The predicted molar refractivity (Wildman–Crippen MR) is 52.5 cm³/mol. The first-order valence-corrected chi connectivity index (χ1v) is 4.65. The van der Waals surface area contributed by atoms with Crippen molar-refractivity contribution in [1.29, 1.82) is 0 Å². The number of benzene rings is 1. The minimum absolute atomic E-state index is 0.0196. The summed E-state index contributed by atoms with van der Waals surface area (Å²) in [4.78, 5) is 10.9. The predicted octanol–water partition coefficient (Wildman–Crippen LogP) is 2.78. The maximum absolute atomic E-state index is 13.1. The van der Waals surface area contributed by atoms with Crippen molar-refractivity contribution in [2.75, 3.05) is 7.11 Å². The van der Waals surface area contributed by atoms with Gasteiger partial charge in [-0.25, -0.2) is 4.39 Å². The molecule has 2 nitrogen and oxygen atoms in total. The highest BCUT2D eigenvalue weighted by Crippen LogP contribution is 2.24. The van der Waals surface area contributed by atoms with Crippen LogP contribution in [0, 0.1) is 5.82 Å². The highest BCUT2D eigenvalue weighted by molar-refractivity contribution is 6.32. The number of carbonyl (C=O) groups is 1. The molecule has 0 atom stereocenters. The zero-order valence-corrected chi connectivity index (χ0v) is 9.02. The molecular formula is C10H8ClF3O2. The van der Waals surface area contributed by atoms with Crippen LogP contribution in [0.4, 0.5) is 13.2 Å². The van der Waals surface area contributed by atoms with E-state index in [-0.39, 0.29) is 11.3 Å².